The zero-order valence-corrected chi connectivity index (χ0v) is 15.7. The van der Waals surface area contributed by atoms with Crippen LogP contribution in [0.2, 0.25) is 0 Å². The van der Waals surface area contributed by atoms with Gasteiger partial charge in [-0.15, -0.1) is 11.8 Å². The first-order valence-corrected chi connectivity index (χ1v) is 9.98. The number of thioether (sulfide) groups is 1. The highest BCUT2D eigenvalue weighted by Gasteiger charge is 2.08. The molecule has 1 N–H and O–H groups in total. The summed E-state index contributed by atoms with van der Waals surface area (Å²) in [5.74, 6) is -0.134. The zero-order chi connectivity index (χ0) is 18.6. The van der Waals surface area contributed by atoms with E-state index in [4.69, 9.17) is 0 Å². The van der Waals surface area contributed by atoms with Crippen molar-refractivity contribution in [1.82, 2.24) is 9.97 Å². The molecule has 0 unspecified atom stereocenters. The third-order valence-electron chi connectivity index (χ3n) is 3.77. The summed E-state index contributed by atoms with van der Waals surface area (Å²) in [6.45, 7) is 0. The molecule has 2 aromatic heterocycles. The van der Waals surface area contributed by atoms with Crippen LogP contribution in [-0.4, -0.2) is 21.6 Å². The summed E-state index contributed by atoms with van der Waals surface area (Å²) >= 11 is 2.90. The number of benzene rings is 2. The lowest BCUT2D eigenvalue weighted by Gasteiger charge is -2.06. The van der Waals surface area contributed by atoms with Crippen molar-refractivity contribution in [3.05, 3.63) is 72.7 Å². The Hall–Kier alpha value is -2.77. The SMILES string of the molecule is O=C(CSc1ccc(F)cc1)Nc1ccc(-c2nc3cccnc3s2)cc1. The number of halogens is 1. The van der Waals surface area contributed by atoms with E-state index in [9.17, 15) is 9.18 Å². The molecule has 0 radical (unpaired) electrons. The van der Waals surface area contributed by atoms with E-state index in [0.29, 0.717) is 0 Å². The fraction of sp³-hybridized carbons (Fsp3) is 0.0500. The third kappa shape index (κ3) is 4.32. The zero-order valence-electron chi connectivity index (χ0n) is 14.1. The van der Waals surface area contributed by atoms with Crippen molar-refractivity contribution in [2.75, 3.05) is 11.1 Å². The number of fused-ring (bicyclic) bond motifs is 1. The first-order valence-electron chi connectivity index (χ1n) is 8.17. The quantitative estimate of drug-likeness (QED) is 0.470. The maximum absolute atomic E-state index is 12.9. The Balaban J connectivity index is 1.38. The average Bonchev–Trinajstić information content (AvgIpc) is 3.12. The summed E-state index contributed by atoms with van der Waals surface area (Å²) < 4.78 is 12.9. The summed E-state index contributed by atoms with van der Waals surface area (Å²) in [4.78, 5) is 22.8. The number of hydrogen-bond donors (Lipinski definition) is 1. The predicted octanol–water partition coefficient (Wildman–Crippen LogP) is 5.23. The Bertz CT molecular complexity index is 1050. The van der Waals surface area contributed by atoms with Crippen molar-refractivity contribution in [3.8, 4) is 10.6 Å². The highest BCUT2D eigenvalue weighted by atomic mass is 32.2. The first kappa shape index (κ1) is 17.6. The Kier molecular flexibility index (Phi) is 5.13. The Morgan fingerprint density at radius 2 is 1.85 bits per heavy atom. The normalized spacial score (nSPS) is 10.9. The van der Waals surface area contributed by atoms with Crippen molar-refractivity contribution >= 4 is 45.0 Å². The molecular weight excluding hydrogens is 381 g/mol. The van der Waals surface area contributed by atoms with Gasteiger partial charge in [-0.2, -0.15) is 0 Å². The Morgan fingerprint density at radius 3 is 2.59 bits per heavy atom. The summed E-state index contributed by atoms with van der Waals surface area (Å²) in [5.41, 5.74) is 2.59. The first-order chi connectivity index (χ1) is 13.2. The third-order valence-corrected chi connectivity index (χ3v) is 5.81. The molecule has 7 heteroatoms. The molecular formula is C20H14FN3OS2. The van der Waals surface area contributed by atoms with Crippen molar-refractivity contribution in [3.63, 3.8) is 0 Å². The van der Waals surface area contributed by atoms with Gasteiger partial charge < -0.3 is 5.32 Å². The number of nitrogens with one attached hydrogen (secondary N) is 1. The van der Waals surface area contributed by atoms with Gasteiger partial charge in [-0.25, -0.2) is 14.4 Å². The molecule has 2 heterocycles. The van der Waals surface area contributed by atoms with Gasteiger partial charge in [0.25, 0.3) is 0 Å². The molecule has 4 aromatic rings. The summed E-state index contributed by atoms with van der Waals surface area (Å²) in [6.07, 6.45) is 1.76. The molecule has 0 fully saturated rings. The molecule has 0 aliphatic rings. The second kappa shape index (κ2) is 7.85. The van der Waals surface area contributed by atoms with Crippen molar-refractivity contribution in [1.29, 1.82) is 0 Å². The standard InChI is InChI=1S/C20H14FN3OS2/c21-14-5-9-16(10-6-14)26-12-18(25)23-15-7-3-13(4-8-15)19-24-17-2-1-11-22-20(17)27-19/h1-11H,12H2,(H,23,25). The van der Waals surface area contributed by atoms with Crippen LogP contribution in [0.3, 0.4) is 0 Å². The fourth-order valence-electron chi connectivity index (χ4n) is 2.47. The molecule has 0 spiro atoms. The lowest BCUT2D eigenvalue weighted by molar-refractivity contribution is -0.113. The molecule has 134 valence electrons. The van der Waals surface area contributed by atoms with E-state index < -0.39 is 0 Å². The molecule has 2 aromatic carbocycles. The largest absolute Gasteiger partial charge is 0.325 e. The fourth-order valence-corrected chi connectivity index (χ4v) is 4.08. The van der Waals surface area contributed by atoms with E-state index in [0.717, 1.165) is 31.5 Å². The van der Waals surface area contributed by atoms with Crippen LogP contribution in [0.1, 0.15) is 0 Å². The average molecular weight is 395 g/mol. The van der Waals surface area contributed by atoms with Crippen LogP contribution in [0.5, 0.6) is 0 Å². The van der Waals surface area contributed by atoms with E-state index in [-0.39, 0.29) is 17.5 Å². The van der Waals surface area contributed by atoms with Gasteiger partial charge in [0.05, 0.1) is 5.75 Å². The number of carbonyl (C=O) groups excluding carboxylic acids is 1. The summed E-state index contributed by atoms with van der Waals surface area (Å²) in [6, 6.07) is 17.5. The second-order valence-corrected chi connectivity index (χ2v) is 7.74. The number of amides is 1. The van der Waals surface area contributed by atoms with Gasteiger partial charge in [0.1, 0.15) is 21.2 Å². The molecule has 27 heavy (non-hydrogen) atoms. The van der Waals surface area contributed by atoms with Crippen LogP contribution in [0.15, 0.2) is 71.8 Å². The Morgan fingerprint density at radius 1 is 1.07 bits per heavy atom. The highest BCUT2D eigenvalue weighted by Crippen LogP contribution is 2.29. The number of nitrogens with zero attached hydrogens (tertiary/aromatic N) is 2. The van der Waals surface area contributed by atoms with E-state index in [1.165, 1.54) is 35.2 Å². The highest BCUT2D eigenvalue weighted by molar-refractivity contribution is 8.00. The summed E-state index contributed by atoms with van der Waals surface area (Å²) in [5, 5.41) is 3.76. The number of thiazole rings is 1. The molecule has 0 bridgehead atoms. The number of rotatable bonds is 5. The van der Waals surface area contributed by atoms with E-state index in [1.54, 1.807) is 18.3 Å². The number of anilines is 1. The van der Waals surface area contributed by atoms with Crippen molar-refractivity contribution < 1.29 is 9.18 Å². The number of pyridine rings is 1. The lowest BCUT2D eigenvalue weighted by Crippen LogP contribution is -2.13. The smallest absolute Gasteiger partial charge is 0.234 e. The number of carbonyl (C=O) groups is 1. The maximum Gasteiger partial charge on any atom is 0.234 e. The molecule has 0 saturated carbocycles. The Labute approximate surface area is 163 Å². The van der Waals surface area contributed by atoms with Gasteiger partial charge >= 0.3 is 0 Å². The molecule has 0 aliphatic heterocycles. The van der Waals surface area contributed by atoms with Crippen LogP contribution < -0.4 is 5.32 Å². The van der Waals surface area contributed by atoms with Crippen molar-refractivity contribution in [2.24, 2.45) is 0 Å². The van der Waals surface area contributed by atoms with Gasteiger partial charge in [0, 0.05) is 22.3 Å². The lowest BCUT2D eigenvalue weighted by atomic mass is 10.2. The number of aromatic nitrogens is 2. The minimum Gasteiger partial charge on any atom is -0.325 e. The topological polar surface area (TPSA) is 54.9 Å². The molecule has 0 saturated heterocycles. The molecule has 0 atom stereocenters. The van der Waals surface area contributed by atoms with E-state index in [1.807, 2.05) is 36.4 Å². The summed E-state index contributed by atoms with van der Waals surface area (Å²) in [7, 11) is 0. The van der Waals surface area contributed by atoms with Crippen LogP contribution in [0, 0.1) is 5.82 Å². The van der Waals surface area contributed by atoms with Gasteiger partial charge in [0.2, 0.25) is 5.91 Å². The van der Waals surface area contributed by atoms with Gasteiger partial charge in [-0.3, -0.25) is 4.79 Å². The van der Waals surface area contributed by atoms with Gasteiger partial charge in [-0.1, -0.05) is 11.3 Å². The van der Waals surface area contributed by atoms with E-state index in [2.05, 4.69) is 15.3 Å². The molecule has 0 aliphatic carbocycles. The van der Waals surface area contributed by atoms with Crippen molar-refractivity contribution in [2.45, 2.75) is 4.90 Å². The monoisotopic (exact) mass is 395 g/mol. The predicted molar refractivity (Wildman–Crippen MR) is 109 cm³/mol. The molecule has 4 rings (SSSR count). The molecule has 1 amide bonds. The van der Waals surface area contributed by atoms with Crippen LogP contribution in [0.25, 0.3) is 20.9 Å². The van der Waals surface area contributed by atoms with Crippen LogP contribution >= 0.6 is 23.1 Å². The minimum absolute atomic E-state index is 0.110. The van der Waals surface area contributed by atoms with Crippen LogP contribution in [0.4, 0.5) is 10.1 Å². The second-order valence-electron chi connectivity index (χ2n) is 5.71. The van der Waals surface area contributed by atoms with Gasteiger partial charge in [0.15, 0.2) is 0 Å². The minimum atomic E-state index is -0.284. The van der Waals surface area contributed by atoms with Gasteiger partial charge in [-0.05, 0) is 60.7 Å². The molecule has 4 nitrogen and oxygen atoms in total. The van der Waals surface area contributed by atoms with E-state index >= 15 is 0 Å². The number of hydrogen-bond acceptors (Lipinski definition) is 5. The van der Waals surface area contributed by atoms with Crippen LogP contribution in [-0.2, 0) is 4.79 Å². The maximum atomic E-state index is 12.9.